The van der Waals surface area contributed by atoms with Gasteiger partial charge in [0.15, 0.2) is 0 Å². The molecule has 0 aliphatic carbocycles. The van der Waals surface area contributed by atoms with Gasteiger partial charge in [0, 0.05) is 5.56 Å². The Morgan fingerprint density at radius 3 is 2.17 bits per heavy atom. The average Bonchev–Trinajstić information content (AvgIpc) is 2.78. The smallest absolute Gasteiger partial charge is 0.264 e. The van der Waals surface area contributed by atoms with Crippen LogP contribution in [0.3, 0.4) is 0 Å². The minimum absolute atomic E-state index is 0.0402. The molecule has 0 aromatic heterocycles. The van der Waals surface area contributed by atoms with Gasteiger partial charge in [-0.3, -0.25) is 14.5 Å². The third kappa shape index (κ3) is 4.80. The number of nitrogens with zero attached hydrogens (tertiary/aromatic N) is 1. The summed E-state index contributed by atoms with van der Waals surface area (Å²) in [5.74, 6) is 0.560. The van der Waals surface area contributed by atoms with Gasteiger partial charge in [0.05, 0.1) is 25.8 Å². The van der Waals surface area contributed by atoms with Crippen LogP contribution < -0.4 is 15.2 Å². The van der Waals surface area contributed by atoms with Crippen LogP contribution in [0.25, 0.3) is 0 Å². The molecular weight excluding hydrogens is 368 g/mol. The molecule has 2 N–H and O–H groups in total. The molecule has 3 aromatic carbocycles. The number of ether oxygens (including phenoxy) is 2. The fraction of sp³-hybridized carbons (Fsp3) is 0.130. The highest BCUT2D eigenvalue weighted by molar-refractivity contribution is 6.06. The summed E-state index contributed by atoms with van der Waals surface area (Å²) in [7, 11) is 1.54. The van der Waals surface area contributed by atoms with Crippen molar-refractivity contribution in [2.24, 2.45) is 5.73 Å². The molecule has 0 unspecified atom stereocenters. The fourth-order valence-electron chi connectivity index (χ4n) is 2.88. The SMILES string of the molecule is COc1ccccc1CN(C(=O)CN)C(=O)c1ccccc1Oc1ccccc1. The zero-order valence-electron chi connectivity index (χ0n) is 16.1. The predicted molar refractivity (Wildman–Crippen MR) is 110 cm³/mol. The zero-order chi connectivity index (χ0) is 20.6. The number of hydrogen-bond donors (Lipinski definition) is 1. The molecule has 6 nitrogen and oxygen atoms in total. The molecule has 0 atom stereocenters. The van der Waals surface area contributed by atoms with Crippen molar-refractivity contribution in [3.63, 3.8) is 0 Å². The molecule has 3 rings (SSSR count). The molecule has 2 amide bonds. The monoisotopic (exact) mass is 390 g/mol. The Morgan fingerprint density at radius 2 is 1.48 bits per heavy atom. The summed E-state index contributed by atoms with van der Waals surface area (Å²) in [5.41, 5.74) is 6.54. The van der Waals surface area contributed by atoms with Crippen LogP contribution >= 0.6 is 0 Å². The van der Waals surface area contributed by atoms with Crippen LogP contribution in [0.4, 0.5) is 0 Å². The van der Waals surface area contributed by atoms with Crippen LogP contribution in [-0.2, 0) is 11.3 Å². The zero-order valence-corrected chi connectivity index (χ0v) is 16.1. The van der Waals surface area contributed by atoms with E-state index in [0.717, 1.165) is 4.90 Å². The number of nitrogens with two attached hydrogens (primary N) is 1. The Morgan fingerprint density at radius 1 is 0.862 bits per heavy atom. The summed E-state index contributed by atoms with van der Waals surface area (Å²) in [6.07, 6.45) is 0. The van der Waals surface area contributed by atoms with Crippen molar-refractivity contribution in [3.05, 3.63) is 90.0 Å². The number of methoxy groups -OCH3 is 1. The molecule has 3 aromatic rings. The lowest BCUT2D eigenvalue weighted by Gasteiger charge is -2.22. The second-order valence-corrected chi connectivity index (χ2v) is 6.21. The van der Waals surface area contributed by atoms with E-state index in [2.05, 4.69) is 0 Å². The Balaban J connectivity index is 1.94. The van der Waals surface area contributed by atoms with Crippen molar-refractivity contribution >= 4 is 11.8 Å². The van der Waals surface area contributed by atoms with Crippen molar-refractivity contribution in [3.8, 4) is 17.2 Å². The summed E-state index contributed by atoms with van der Waals surface area (Å²) in [4.78, 5) is 26.9. The Labute approximate surface area is 169 Å². The van der Waals surface area contributed by atoms with Crippen molar-refractivity contribution in [1.29, 1.82) is 0 Å². The second kappa shape index (κ2) is 9.52. The van der Waals surface area contributed by atoms with Gasteiger partial charge >= 0.3 is 0 Å². The van der Waals surface area contributed by atoms with E-state index in [1.807, 2.05) is 30.3 Å². The van der Waals surface area contributed by atoms with E-state index in [-0.39, 0.29) is 18.7 Å². The Hall–Kier alpha value is -3.64. The van der Waals surface area contributed by atoms with Crippen LogP contribution in [0.2, 0.25) is 0 Å². The molecule has 0 heterocycles. The van der Waals surface area contributed by atoms with E-state index in [4.69, 9.17) is 15.2 Å². The number of carbonyl (C=O) groups excluding carboxylic acids is 2. The summed E-state index contributed by atoms with van der Waals surface area (Å²) in [6.45, 7) is -0.249. The third-order valence-electron chi connectivity index (χ3n) is 4.33. The fourth-order valence-corrected chi connectivity index (χ4v) is 2.88. The normalized spacial score (nSPS) is 10.3. The maximum Gasteiger partial charge on any atom is 0.264 e. The Bertz CT molecular complexity index is 989. The summed E-state index contributed by atoms with van der Waals surface area (Å²) < 4.78 is 11.2. The summed E-state index contributed by atoms with van der Waals surface area (Å²) in [5, 5.41) is 0. The molecule has 0 saturated heterocycles. The standard InChI is InChI=1S/C23H22N2O4/c1-28-20-13-7-5-9-17(20)16-25(22(26)15-24)23(27)19-12-6-8-14-21(19)29-18-10-3-2-4-11-18/h2-14H,15-16,24H2,1H3. The van der Waals surface area contributed by atoms with E-state index in [1.165, 1.54) is 0 Å². The van der Waals surface area contributed by atoms with E-state index in [9.17, 15) is 9.59 Å². The quantitative estimate of drug-likeness (QED) is 0.666. The van der Waals surface area contributed by atoms with Gasteiger partial charge < -0.3 is 15.2 Å². The van der Waals surface area contributed by atoms with Gasteiger partial charge in [0.1, 0.15) is 17.2 Å². The third-order valence-corrected chi connectivity index (χ3v) is 4.33. The van der Waals surface area contributed by atoms with E-state index >= 15 is 0 Å². The molecule has 0 spiro atoms. The Kier molecular flexibility index (Phi) is 6.60. The molecule has 0 fully saturated rings. The number of benzene rings is 3. The molecule has 0 aliphatic rings. The van der Waals surface area contributed by atoms with Crippen LogP contribution in [0, 0.1) is 0 Å². The largest absolute Gasteiger partial charge is 0.496 e. The van der Waals surface area contributed by atoms with Crippen LogP contribution in [-0.4, -0.2) is 30.4 Å². The minimum atomic E-state index is -0.490. The number of rotatable bonds is 7. The van der Waals surface area contributed by atoms with Gasteiger partial charge in [0.2, 0.25) is 5.91 Å². The van der Waals surface area contributed by atoms with Crippen molar-refractivity contribution < 1.29 is 19.1 Å². The van der Waals surface area contributed by atoms with Gasteiger partial charge in [-0.1, -0.05) is 48.5 Å². The van der Waals surface area contributed by atoms with Crippen LogP contribution in [0.15, 0.2) is 78.9 Å². The average molecular weight is 390 g/mol. The molecule has 6 heteroatoms. The maximum absolute atomic E-state index is 13.3. The van der Waals surface area contributed by atoms with Crippen molar-refractivity contribution in [2.75, 3.05) is 13.7 Å². The minimum Gasteiger partial charge on any atom is -0.496 e. The summed E-state index contributed by atoms with van der Waals surface area (Å²) in [6, 6.07) is 23.2. The molecule has 29 heavy (non-hydrogen) atoms. The number of para-hydroxylation sites is 3. The first kappa shape index (κ1) is 20.1. The number of carbonyl (C=O) groups is 2. The number of imide groups is 1. The van der Waals surface area contributed by atoms with E-state index < -0.39 is 11.8 Å². The number of amides is 2. The molecule has 148 valence electrons. The second-order valence-electron chi connectivity index (χ2n) is 6.21. The highest BCUT2D eigenvalue weighted by atomic mass is 16.5. The highest BCUT2D eigenvalue weighted by Gasteiger charge is 2.26. The lowest BCUT2D eigenvalue weighted by Crippen LogP contribution is -2.40. The van der Waals surface area contributed by atoms with Crippen molar-refractivity contribution in [2.45, 2.75) is 6.54 Å². The van der Waals surface area contributed by atoms with E-state index in [1.54, 1.807) is 55.6 Å². The maximum atomic E-state index is 13.3. The first-order chi connectivity index (χ1) is 14.1. The number of hydrogen-bond acceptors (Lipinski definition) is 5. The molecule has 0 saturated carbocycles. The van der Waals surface area contributed by atoms with Crippen LogP contribution in [0.5, 0.6) is 17.2 Å². The molecule has 0 radical (unpaired) electrons. The first-order valence-corrected chi connectivity index (χ1v) is 9.12. The topological polar surface area (TPSA) is 81.9 Å². The lowest BCUT2D eigenvalue weighted by atomic mass is 10.1. The predicted octanol–water partition coefficient (Wildman–Crippen LogP) is 3.62. The molecule has 0 aliphatic heterocycles. The van der Waals surface area contributed by atoms with Gasteiger partial charge in [-0.15, -0.1) is 0 Å². The van der Waals surface area contributed by atoms with Gasteiger partial charge in [-0.05, 0) is 30.3 Å². The van der Waals surface area contributed by atoms with Crippen LogP contribution in [0.1, 0.15) is 15.9 Å². The van der Waals surface area contributed by atoms with Gasteiger partial charge in [0.25, 0.3) is 5.91 Å². The molecular formula is C23H22N2O4. The van der Waals surface area contributed by atoms with E-state index in [0.29, 0.717) is 22.8 Å². The highest BCUT2D eigenvalue weighted by Crippen LogP contribution is 2.27. The van der Waals surface area contributed by atoms with Gasteiger partial charge in [-0.2, -0.15) is 0 Å². The first-order valence-electron chi connectivity index (χ1n) is 9.12. The summed E-state index contributed by atoms with van der Waals surface area (Å²) >= 11 is 0. The lowest BCUT2D eigenvalue weighted by molar-refractivity contribution is -0.127. The molecule has 0 bridgehead atoms. The van der Waals surface area contributed by atoms with Gasteiger partial charge in [-0.25, -0.2) is 0 Å². The van der Waals surface area contributed by atoms with Crippen molar-refractivity contribution in [1.82, 2.24) is 4.90 Å².